The summed E-state index contributed by atoms with van der Waals surface area (Å²) in [7, 11) is 0. The molecule has 20 heavy (non-hydrogen) atoms. The summed E-state index contributed by atoms with van der Waals surface area (Å²) in [6, 6.07) is 5.38. The van der Waals surface area contributed by atoms with Gasteiger partial charge >= 0.3 is 0 Å². The Morgan fingerprint density at radius 3 is 2.50 bits per heavy atom. The van der Waals surface area contributed by atoms with Crippen LogP contribution in [-0.2, 0) is 4.79 Å². The van der Waals surface area contributed by atoms with Gasteiger partial charge in [0.15, 0.2) is 11.5 Å². The zero-order valence-electron chi connectivity index (χ0n) is 12.7. The van der Waals surface area contributed by atoms with Crippen molar-refractivity contribution in [1.82, 2.24) is 5.32 Å². The van der Waals surface area contributed by atoms with Crippen LogP contribution in [0.2, 0.25) is 0 Å². The minimum Gasteiger partial charge on any atom is -0.449 e. The second-order valence-corrected chi connectivity index (χ2v) is 6.42. The molecular weight excluding hydrogens is 256 g/mol. The number of amides is 1. The molecule has 5 nitrogen and oxygen atoms in total. The van der Waals surface area contributed by atoms with E-state index in [0.717, 1.165) is 0 Å². The van der Waals surface area contributed by atoms with Crippen molar-refractivity contribution in [2.75, 3.05) is 11.9 Å². The Morgan fingerprint density at radius 1 is 1.20 bits per heavy atom. The SMILES string of the molecule is CC(C)(C)NCC(=O)Nc1ccc2c(c1)OC(C)(C)O2. The lowest BCUT2D eigenvalue weighted by Crippen LogP contribution is -2.41. The Labute approximate surface area is 119 Å². The number of nitrogens with one attached hydrogen (secondary N) is 2. The molecule has 0 fully saturated rings. The topological polar surface area (TPSA) is 59.6 Å². The first-order valence-corrected chi connectivity index (χ1v) is 6.72. The van der Waals surface area contributed by atoms with Crippen molar-refractivity contribution in [3.05, 3.63) is 18.2 Å². The summed E-state index contributed by atoms with van der Waals surface area (Å²) >= 11 is 0. The molecule has 2 N–H and O–H groups in total. The smallest absolute Gasteiger partial charge is 0.246 e. The standard InChI is InChI=1S/C15H22N2O3/c1-14(2,3)16-9-13(18)17-10-6-7-11-12(8-10)20-15(4,5)19-11/h6-8,16H,9H2,1-5H3,(H,17,18). The van der Waals surface area contributed by atoms with E-state index in [1.165, 1.54) is 0 Å². The average molecular weight is 278 g/mol. The van der Waals surface area contributed by atoms with E-state index in [9.17, 15) is 4.79 Å². The first-order valence-electron chi connectivity index (χ1n) is 6.72. The lowest BCUT2D eigenvalue weighted by Gasteiger charge is -2.20. The van der Waals surface area contributed by atoms with Gasteiger partial charge in [0.1, 0.15) is 0 Å². The number of carbonyl (C=O) groups excluding carboxylic acids is 1. The zero-order valence-corrected chi connectivity index (χ0v) is 12.7. The quantitative estimate of drug-likeness (QED) is 0.892. The van der Waals surface area contributed by atoms with Crippen LogP contribution in [0.5, 0.6) is 11.5 Å². The first kappa shape index (κ1) is 14.7. The summed E-state index contributed by atoms with van der Waals surface area (Å²) in [5.41, 5.74) is 0.613. The summed E-state index contributed by atoms with van der Waals surface area (Å²) in [6.07, 6.45) is 0. The second-order valence-electron chi connectivity index (χ2n) is 6.42. The van der Waals surface area contributed by atoms with Gasteiger partial charge in [0.05, 0.1) is 6.54 Å². The molecule has 0 radical (unpaired) electrons. The molecule has 0 spiro atoms. The van der Waals surface area contributed by atoms with Gasteiger partial charge < -0.3 is 20.1 Å². The van der Waals surface area contributed by atoms with Gasteiger partial charge in [-0.1, -0.05) is 0 Å². The van der Waals surface area contributed by atoms with E-state index in [1.54, 1.807) is 18.2 Å². The summed E-state index contributed by atoms with van der Waals surface area (Å²) < 4.78 is 11.2. The summed E-state index contributed by atoms with van der Waals surface area (Å²) in [6.45, 7) is 10.0. The van der Waals surface area contributed by atoms with Crippen molar-refractivity contribution in [2.45, 2.75) is 45.9 Å². The predicted octanol–water partition coefficient (Wildman–Crippen LogP) is 2.52. The molecule has 0 saturated heterocycles. The molecule has 0 aliphatic carbocycles. The van der Waals surface area contributed by atoms with Gasteiger partial charge in [0.2, 0.25) is 11.7 Å². The predicted molar refractivity (Wildman–Crippen MR) is 78.2 cm³/mol. The number of benzene rings is 1. The summed E-state index contributed by atoms with van der Waals surface area (Å²) in [4.78, 5) is 11.8. The molecule has 0 saturated carbocycles. The molecule has 1 aliphatic rings. The highest BCUT2D eigenvalue weighted by molar-refractivity contribution is 5.92. The number of anilines is 1. The van der Waals surface area contributed by atoms with Crippen molar-refractivity contribution in [3.63, 3.8) is 0 Å². The molecule has 1 heterocycles. The average Bonchev–Trinajstić information content (AvgIpc) is 2.59. The molecule has 5 heteroatoms. The van der Waals surface area contributed by atoms with Crippen LogP contribution >= 0.6 is 0 Å². The third-order valence-electron chi connectivity index (χ3n) is 2.72. The van der Waals surface area contributed by atoms with E-state index in [2.05, 4.69) is 10.6 Å². The maximum atomic E-state index is 11.8. The minimum atomic E-state index is -0.654. The Kier molecular flexibility index (Phi) is 3.65. The molecule has 2 rings (SSSR count). The normalized spacial score (nSPS) is 16.1. The Balaban J connectivity index is 1.97. The van der Waals surface area contributed by atoms with Crippen molar-refractivity contribution in [3.8, 4) is 11.5 Å². The van der Waals surface area contributed by atoms with Crippen molar-refractivity contribution < 1.29 is 14.3 Å². The van der Waals surface area contributed by atoms with E-state index in [-0.39, 0.29) is 18.0 Å². The second kappa shape index (κ2) is 4.98. The van der Waals surface area contributed by atoms with Gasteiger partial charge in [-0.15, -0.1) is 0 Å². The van der Waals surface area contributed by atoms with Gasteiger partial charge in [-0.3, -0.25) is 4.79 Å². The number of hydrogen-bond donors (Lipinski definition) is 2. The van der Waals surface area contributed by atoms with Crippen molar-refractivity contribution in [2.24, 2.45) is 0 Å². The number of hydrogen-bond acceptors (Lipinski definition) is 4. The van der Waals surface area contributed by atoms with E-state index >= 15 is 0 Å². The highest BCUT2D eigenvalue weighted by atomic mass is 16.7. The highest BCUT2D eigenvalue weighted by Crippen LogP contribution is 2.40. The maximum Gasteiger partial charge on any atom is 0.246 e. The van der Waals surface area contributed by atoms with Crippen LogP contribution in [0.1, 0.15) is 34.6 Å². The number of fused-ring (bicyclic) bond motifs is 1. The van der Waals surface area contributed by atoms with Gasteiger partial charge in [0, 0.05) is 31.1 Å². The lowest BCUT2D eigenvalue weighted by molar-refractivity contribution is -0.115. The van der Waals surface area contributed by atoms with Gasteiger partial charge in [0.25, 0.3) is 0 Å². The van der Waals surface area contributed by atoms with Crippen molar-refractivity contribution >= 4 is 11.6 Å². The van der Waals surface area contributed by atoms with Crippen LogP contribution in [0.25, 0.3) is 0 Å². The molecule has 0 unspecified atom stereocenters. The molecule has 110 valence electrons. The number of ether oxygens (including phenoxy) is 2. The van der Waals surface area contributed by atoms with E-state index in [4.69, 9.17) is 9.47 Å². The van der Waals surface area contributed by atoms with Gasteiger partial charge in [-0.2, -0.15) is 0 Å². The number of carbonyl (C=O) groups is 1. The van der Waals surface area contributed by atoms with Crippen LogP contribution < -0.4 is 20.1 Å². The van der Waals surface area contributed by atoms with Crippen LogP contribution in [0.15, 0.2) is 18.2 Å². The van der Waals surface area contributed by atoms with Crippen molar-refractivity contribution in [1.29, 1.82) is 0 Å². The molecular formula is C15H22N2O3. The zero-order chi connectivity index (χ0) is 15.0. The van der Waals surface area contributed by atoms with Gasteiger partial charge in [-0.25, -0.2) is 0 Å². The largest absolute Gasteiger partial charge is 0.449 e. The van der Waals surface area contributed by atoms with E-state index in [1.807, 2.05) is 34.6 Å². The highest BCUT2D eigenvalue weighted by Gasteiger charge is 2.31. The van der Waals surface area contributed by atoms with Gasteiger partial charge in [-0.05, 0) is 32.9 Å². The third kappa shape index (κ3) is 3.87. The van der Waals surface area contributed by atoms with Crippen LogP contribution in [0.4, 0.5) is 5.69 Å². The fraction of sp³-hybridized carbons (Fsp3) is 0.533. The summed E-state index contributed by atoms with van der Waals surface area (Å²) in [5, 5.41) is 5.97. The molecule has 0 bridgehead atoms. The molecule has 1 aromatic carbocycles. The molecule has 1 amide bonds. The van der Waals surface area contributed by atoms with E-state index < -0.39 is 5.79 Å². The van der Waals surface area contributed by atoms with E-state index in [0.29, 0.717) is 17.2 Å². The molecule has 0 atom stereocenters. The van der Waals surface area contributed by atoms with Crippen LogP contribution in [-0.4, -0.2) is 23.8 Å². The number of rotatable bonds is 3. The van der Waals surface area contributed by atoms with Crippen LogP contribution in [0.3, 0.4) is 0 Å². The Bertz CT molecular complexity index is 518. The lowest BCUT2D eigenvalue weighted by atomic mass is 10.1. The Hall–Kier alpha value is -1.75. The van der Waals surface area contributed by atoms with Crippen LogP contribution in [0, 0.1) is 0 Å². The fourth-order valence-electron chi connectivity index (χ4n) is 1.85. The minimum absolute atomic E-state index is 0.0851. The summed E-state index contributed by atoms with van der Waals surface area (Å²) in [5.74, 6) is 0.606. The molecule has 1 aliphatic heterocycles. The Morgan fingerprint density at radius 2 is 1.85 bits per heavy atom. The third-order valence-corrected chi connectivity index (χ3v) is 2.72. The maximum absolute atomic E-state index is 11.8. The monoisotopic (exact) mass is 278 g/mol. The molecule has 0 aromatic heterocycles. The fourth-order valence-corrected chi connectivity index (χ4v) is 1.85. The molecule has 1 aromatic rings. The first-order chi connectivity index (χ1) is 9.15.